The lowest BCUT2D eigenvalue weighted by Crippen LogP contribution is -1.90. The van der Waals surface area contributed by atoms with E-state index in [4.69, 9.17) is 27.9 Å². The van der Waals surface area contributed by atoms with Crippen LogP contribution in [0.2, 0.25) is 5.02 Å². The highest BCUT2D eigenvalue weighted by Gasteiger charge is 2.05. The Hall–Kier alpha value is -0.770. The third-order valence-corrected chi connectivity index (χ3v) is 3.18. The summed E-state index contributed by atoms with van der Waals surface area (Å²) in [5, 5.41) is 0.534. The Morgan fingerprint density at radius 1 is 1.24 bits per heavy atom. The first-order valence-corrected chi connectivity index (χ1v) is 6.53. The Bertz CT molecular complexity index is 534. The maximum absolute atomic E-state index is 6.02. The third kappa shape index (κ3) is 3.35. The highest BCUT2D eigenvalue weighted by Crippen LogP contribution is 2.31. The van der Waals surface area contributed by atoms with E-state index < -0.39 is 0 Å². The number of pyridine rings is 1. The molecule has 2 rings (SSSR count). The van der Waals surface area contributed by atoms with Crippen LogP contribution in [-0.4, -0.2) is 4.98 Å². The van der Waals surface area contributed by atoms with E-state index in [2.05, 4.69) is 20.9 Å². The zero-order chi connectivity index (χ0) is 12.3. The number of aromatic nitrogens is 1. The van der Waals surface area contributed by atoms with Crippen LogP contribution in [0.25, 0.3) is 0 Å². The van der Waals surface area contributed by atoms with E-state index >= 15 is 0 Å². The molecule has 0 saturated carbocycles. The van der Waals surface area contributed by atoms with Crippen molar-refractivity contribution in [3.63, 3.8) is 0 Å². The molecular formula is C12H8BrCl2NO. The summed E-state index contributed by atoms with van der Waals surface area (Å²) >= 11 is 15.1. The number of rotatable bonds is 3. The fourth-order valence-corrected chi connectivity index (χ4v) is 1.92. The van der Waals surface area contributed by atoms with Crippen molar-refractivity contribution in [3.05, 3.63) is 51.6 Å². The lowest BCUT2D eigenvalue weighted by Gasteiger charge is -2.07. The second-order valence-corrected chi connectivity index (χ2v) is 4.90. The predicted molar refractivity (Wildman–Crippen MR) is 73.0 cm³/mol. The minimum Gasteiger partial charge on any atom is -0.437 e. The van der Waals surface area contributed by atoms with Gasteiger partial charge in [-0.3, -0.25) is 0 Å². The Labute approximate surface area is 118 Å². The SMILES string of the molecule is ClCc1ccnc(Oc2cc(Br)ccc2Cl)c1. The highest BCUT2D eigenvalue weighted by atomic mass is 79.9. The Morgan fingerprint density at radius 3 is 2.82 bits per heavy atom. The molecule has 0 unspecified atom stereocenters. The Balaban J connectivity index is 2.27. The van der Waals surface area contributed by atoms with Crippen LogP contribution in [0.5, 0.6) is 11.6 Å². The molecule has 0 amide bonds. The van der Waals surface area contributed by atoms with Crippen molar-refractivity contribution in [2.45, 2.75) is 5.88 Å². The molecular weight excluding hydrogens is 325 g/mol. The first-order valence-electron chi connectivity index (χ1n) is 4.83. The third-order valence-electron chi connectivity index (χ3n) is 2.06. The zero-order valence-electron chi connectivity index (χ0n) is 8.66. The summed E-state index contributed by atoms with van der Waals surface area (Å²) in [5.74, 6) is 1.45. The van der Waals surface area contributed by atoms with Crippen LogP contribution in [0.3, 0.4) is 0 Å². The zero-order valence-corrected chi connectivity index (χ0v) is 11.8. The minimum atomic E-state index is 0.422. The molecule has 0 radical (unpaired) electrons. The summed E-state index contributed by atoms with van der Waals surface area (Å²) in [4.78, 5) is 4.10. The topological polar surface area (TPSA) is 22.1 Å². The summed E-state index contributed by atoms with van der Waals surface area (Å²) in [6.07, 6.45) is 1.65. The molecule has 0 aliphatic rings. The standard InChI is InChI=1S/C12H8BrCl2NO/c13-9-1-2-10(15)11(6-9)17-12-5-8(7-14)3-4-16-12/h1-6H,7H2. The van der Waals surface area contributed by atoms with Crippen molar-refractivity contribution >= 4 is 39.1 Å². The van der Waals surface area contributed by atoms with Crippen molar-refractivity contribution in [2.24, 2.45) is 0 Å². The van der Waals surface area contributed by atoms with E-state index in [1.54, 1.807) is 24.4 Å². The van der Waals surface area contributed by atoms with Gasteiger partial charge in [-0.1, -0.05) is 27.5 Å². The summed E-state index contributed by atoms with van der Waals surface area (Å²) in [6.45, 7) is 0. The number of benzene rings is 1. The Kier molecular flexibility index (Phi) is 4.26. The van der Waals surface area contributed by atoms with Gasteiger partial charge in [-0.2, -0.15) is 0 Å². The minimum absolute atomic E-state index is 0.422. The fraction of sp³-hybridized carbons (Fsp3) is 0.0833. The normalized spacial score (nSPS) is 10.3. The highest BCUT2D eigenvalue weighted by molar-refractivity contribution is 9.10. The van der Waals surface area contributed by atoms with Crippen LogP contribution in [0.4, 0.5) is 0 Å². The molecule has 1 aromatic carbocycles. The van der Waals surface area contributed by atoms with Crippen molar-refractivity contribution in [3.8, 4) is 11.6 Å². The smallest absolute Gasteiger partial charge is 0.219 e. The molecule has 0 aliphatic heterocycles. The largest absolute Gasteiger partial charge is 0.437 e. The van der Waals surface area contributed by atoms with E-state index in [1.807, 2.05) is 12.1 Å². The van der Waals surface area contributed by atoms with Crippen LogP contribution >= 0.6 is 39.1 Å². The molecule has 2 aromatic rings. The monoisotopic (exact) mass is 331 g/mol. The van der Waals surface area contributed by atoms with Crippen LogP contribution in [-0.2, 0) is 5.88 Å². The molecule has 17 heavy (non-hydrogen) atoms. The van der Waals surface area contributed by atoms with Gasteiger partial charge in [0.1, 0.15) is 5.75 Å². The Morgan fingerprint density at radius 2 is 2.06 bits per heavy atom. The summed E-state index contributed by atoms with van der Waals surface area (Å²) in [7, 11) is 0. The van der Waals surface area contributed by atoms with Gasteiger partial charge in [0.25, 0.3) is 0 Å². The van der Waals surface area contributed by atoms with Gasteiger partial charge in [0.2, 0.25) is 5.88 Å². The number of ether oxygens (including phenoxy) is 1. The van der Waals surface area contributed by atoms with Gasteiger partial charge in [-0.05, 0) is 29.8 Å². The molecule has 0 fully saturated rings. The number of halogens is 3. The van der Waals surface area contributed by atoms with Crippen molar-refractivity contribution in [1.29, 1.82) is 0 Å². The molecule has 0 N–H and O–H groups in total. The molecule has 0 saturated heterocycles. The maximum atomic E-state index is 6.02. The lowest BCUT2D eigenvalue weighted by molar-refractivity contribution is 0.462. The van der Waals surface area contributed by atoms with Gasteiger partial charge in [0.15, 0.2) is 0 Å². The van der Waals surface area contributed by atoms with Crippen LogP contribution < -0.4 is 4.74 Å². The number of nitrogens with zero attached hydrogens (tertiary/aromatic N) is 1. The molecule has 0 aliphatic carbocycles. The van der Waals surface area contributed by atoms with Gasteiger partial charge in [0, 0.05) is 22.6 Å². The van der Waals surface area contributed by atoms with E-state index in [0.717, 1.165) is 10.0 Å². The predicted octanol–water partition coefficient (Wildman–Crippen LogP) is 5.03. The quantitative estimate of drug-likeness (QED) is 0.735. The second-order valence-electron chi connectivity index (χ2n) is 3.31. The lowest BCUT2D eigenvalue weighted by atomic mass is 10.3. The van der Waals surface area contributed by atoms with Gasteiger partial charge in [-0.15, -0.1) is 11.6 Å². The van der Waals surface area contributed by atoms with Gasteiger partial charge in [-0.25, -0.2) is 4.98 Å². The second kappa shape index (κ2) is 5.71. The average Bonchev–Trinajstić information content (AvgIpc) is 2.34. The molecule has 88 valence electrons. The molecule has 0 spiro atoms. The van der Waals surface area contributed by atoms with Gasteiger partial charge < -0.3 is 4.74 Å². The molecule has 1 heterocycles. The van der Waals surface area contributed by atoms with Gasteiger partial charge >= 0.3 is 0 Å². The van der Waals surface area contributed by atoms with E-state index in [9.17, 15) is 0 Å². The van der Waals surface area contributed by atoms with Crippen LogP contribution in [0, 0.1) is 0 Å². The summed E-state index contributed by atoms with van der Waals surface area (Å²) in [6, 6.07) is 9.01. The first-order chi connectivity index (χ1) is 8.19. The summed E-state index contributed by atoms with van der Waals surface area (Å²) in [5.41, 5.74) is 0.947. The molecule has 0 bridgehead atoms. The number of hydrogen-bond donors (Lipinski definition) is 0. The molecule has 5 heteroatoms. The molecule has 1 aromatic heterocycles. The van der Waals surface area contributed by atoms with Crippen LogP contribution in [0.15, 0.2) is 41.0 Å². The fourth-order valence-electron chi connectivity index (χ4n) is 1.26. The van der Waals surface area contributed by atoms with Gasteiger partial charge in [0.05, 0.1) is 5.02 Å². The molecule has 2 nitrogen and oxygen atoms in total. The van der Waals surface area contributed by atoms with Crippen molar-refractivity contribution in [1.82, 2.24) is 4.98 Å². The van der Waals surface area contributed by atoms with Crippen LogP contribution in [0.1, 0.15) is 5.56 Å². The number of hydrogen-bond acceptors (Lipinski definition) is 2. The number of alkyl halides is 1. The maximum Gasteiger partial charge on any atom is 0.219 e. The van der Waals surface area contributed by atoms with E-state index in [0.29, 0.717) is 22.5 Å². The summed E-state index contributed by atoms with van der Waals surface area (Å²) < 4.78 is 6.49. The average molecular weight is 333 g/mol. The van der Waals surface area contributed by atoms with E-state index in [-0.39, 0.29) is 0 Å². The van der Waals surface area contributed by atoms with Crippen molar-refractivity contribution < 1.29 is 4.74 Å². The van der Waals surface area contributed by atoms with Crippen molar-refractivity contribution in [2.75, 3.05) is 0 Å². The first kappa shape index (κ1) is 12.7. The molecule has 0 atom stereocenters. The van der Waals surface area contributed by atoms with E-state index in [1.165, 1.54) is 0 Å².